The Hall–Kier alpha value is -1.35. The molecule has 19 heavy (non-hydrogen) atoms. The van der Waals surface area contributed by atoms with Gasteiger partial charge in [-0.1, -0.05) is 24.3 Å². The van der Waals surface area contributed by atoms with Crippen molar-refractivity contribution in [3.05, 3.63) is 35.4 Å². The third-order valence-electron chi connectivity index (χ3n) is 3.96. The molecule has 1 atom stereocenters. The fraction of sp³-hybridized carbons (Fsp3) is 0.562. The summed E-state index contributed by atoms with van der Waals surface area (Å²) in [6.07, 6.45) is 2.13. The van der Waals surface area contributed by atoms with Crippen LogP contribution in [0, 0.1) is 12.8 Å². The number of benzene rings is 1. The summed E-state index contributed by atoms with van der Waals surface area (Å²) in [5, 5.41) is 3.32. The molecule has 1 amide bonds. The molecule has 0 aromatic heterocycles. The number of carbonyl (C=O) groups excluding carboxylic acids is 1. The van der Waals surface area contributed by atoms with Crippen molar-refractivity contribution in [1.82, 2.24) is 10.2 Å². The second-order valence-electron chi connectivity index (χ2n) is 5.32. The molecule has 0 aliphatic carbocycles. The smallest absolute Gasteiger partial charge is 0.227 e. The van der Waals surface area contributed by atoms with E-state index in [-0.39, 0.29) is 5.92 Å². The second-order valence-corrected chi connectivity index (χ2v) is 5.32. The number of hydrogen-bond donors (Lipinski definition) is 1. The van der Waals surface area contributed by atoms with Crippen LogP contribution in [0.15, 0.2) is 24.3 Å². The van der Waals surface area contributed by atoms with Crippen LogP contribution in [0.5, 0.6) is 0 Å². The molecular weight excluding hydrogens is 236 g/mol. The molecule has 1 aromatic rings. The third-order valence-corrected chi connectivity index (χ3v) is 3.96. The number of piperidine rings is 1. The highest BCUT2D eigenvalue weighted by atomic mass is 16.2. The predicted octanol–water partition coefficient (Wildman–Crippen LogP) is 2.34. The Morgan fingerprint density at radius 2 is 2.21 bits per heavy atom. The summed E-state index contributed by atoms with van der Waals surface area (Å²) in [5.41, 5.74) is 2.51. The van der Waals surface area contributed by atoms with E-state index in [9.17, 15) is 4.79 Å². The van der Waals surface area contributed by atoms with Gasteiger partial charge >= 0.3 is 0 Å². The Balaban J connectivity index is 2.03. The Bertz CT molecular complexity index is 425. The van der Waals surface area contributed by atoms with Gasteiger partial charge in [-0.25, -0.2) is 0 Å². The fourth-order valence-electron chi connectivity index (χ4n) is 2.66. The van der Waals surface area contributed by atoms with Crippen LogP contribution in [-0.2, 0) is 11.3 Å². The van der Waals surface area contributed by atoms with E-state index in [1.54, 1.807) is 0 Å². The number of hydrogen-bond acceptors (Lipinski definition) is 2. The average Bonchev–Trinajstić information content (AvgIpc) is 2.47. The van der Waals surface area contributed by atoms with Crippen LogP contribution in [0.2, 0.25) is 0 Å². The van der Waals surface area contributed by atoms with Crippen LogP contribution in [0.1, 0.15) is 30.9 Å². The van der Waals surface area contributed by atoms with Crippen molar-refractivity contribution >= 4 is 5.91 Å². The summed E-state index contributed by atoms with van der Waals surface area (Å²) in [6, 6.07) is 8.31. The van der Waals surface area contributed by atoms with Crippen molar-refractivity contribution in [2.45, 2.75) is 33.2 Å². The fourth-order valence-corrected chi connectivity index (χ4v) is 2.66. The minimum atomic E-state index is 0.165. The van der Waals surface area contributed by atoms with Gasteiger partial charge in [-0.15, -0.1) is 0 Å². The van der Waals surface area contributed by atoms with Gasteiger partial charge in [0.25, 0.3) is 0 Å². The first kappa shape index (κ1) is 14.1. The monoisotopic (exact) mass is 260 g/mol. The molecule has 104 valence electrons. The topological polar surface area (TPSA) is 32.3 Å². The summed E-state index contributed by atoms with van der Waals surface area (Å²) in [6.45, 7) is 7.57. The second kappa shape index (κ2) is 6.71. The molecule has 0 bridgehead atoms. The van der Waals surface area contributed by atoms with Crippen LogP contribution in [0.25, 0.3) is 0 Å². The van der Waals surface area contributed by atoms with Gasteiger partial charge in [0.05, 0.1) is 5.92 Å². The van der Waals surface area contributed by atoms with Crippen LogP contribution in [0.4, 0.5) is 0 Å². The summed E-state index contributed by atoms with van der Waals surface area (Å²) in [7, 11) is 0. The molecule has 0 unspecified atom stereocenters. The molecule has 1 aromatic carbocycles. The van der Waals surface area contributed by atoms with Gasteiger partial charge in [-0.05, 0) is 44.4 Å². The number of nitrogens with one attached hydrogen (secondary N) is 1. The predicted molar refractivity (Wildman–Crippen MR) is 77.9 cm³/mol. The van der Waals surface area contributed by atoms with Gasteiger partial charge in [0.1, 0.15) is 0 Å². The van der Waals surface area contributed by atoms with Gasteiger partial charge in [-0.2, -0.15) is 0 Å². The molecule has 0 saturated carbocycles. The Kier molecular flexibility index (Phi) is 4.97. The number of carbonyl (C=O) groups is 1. The summed E-state index contributed by atoms with van der Waals surface area (Å²) >= 11 is 0. The zero-order valence-electron chi connectivity index (χ0n) is 12.0. The van der Waals surface area contributed by atoms with Crippen LogP contribution < -0.4 is 5.32 Å². The first-order valence-corrected chi connectivity index (χ1v) is 7.26. The summed E-state index contributed by atoms with van der Waals surface area (Å²) in [4.78, 5) is 14.5. The van der Waals surface area contributed by atoms with E-state index in [4.69, 9.17) is 0 Å². The van der Waals surface area contributed by atoms with E-state index in [1.807, 2.05) is 17.0 Å². The number of nitrogens with zero attached hydrogens (tertiary/aromatic N) is 1. The minimum absolute atomic E-state index is 0.165. The largest absolute Gasteiger partial charge is 0.338 e. The lowest BCUT2D eigenvalue weighted by Crippen LogP contribution is -2.42. The summed E-state index contributed by atoms with van der Waals surface area (Å²) < 4.78 is 0. The van der Waals surface area contributed by atoms with E-state index in [2.05, 4.69) is 31.3 Å². The first-order chi connectivity index (χ1) is 9.22. The van der Waals surface area contributed by atoms with Crippen molar-refractivity contribution < 1.29 is 4.79 Å². The molecule has 1 aliphatic heterocycles. The molecule has 1 fully saturated rings. The quantitative estimate of drug-likeness (QED) is 0.901. The van der Waals surface area contributed by atoms with Crippen molar-refractivity contribution in [2.75, 3.05) is 19.6 Å². The highest BCUT2D eigenvalue weighted by molar-refractivity contribution is 5.79. The van der Waals surface area contributed by atoms with Crippen molar-refractivity contribution in [2.24, 2.45) is 5.92 Å². The van der Waals surface area contributed by atoms with Gasteiger partial charge in [-0.3, -0.25) is 4.79 Å². The zero-order valence-corrected chi connectivity index (χ0v) is 12.0. The van der Waals surface area contributed by atoms with E-state index in [0.717, 1.165) is 39.0 Å². The summed E-state index contributed by atoms with van der Waals surface area (Å²) in [5.74, 6) is 0.468. The van der Waals surface area contributed by atoms with E-state index < -0.39 is 0 Å². The molecule has 1 N–H and O–H groups in total. The first-order valence-electron chi connectivity index (χ1n) is 7.26. The maximum absolute atomic E-state index is 12.5. The molecule has 3 nitrogen and oxygen atoms in total. The lowest BCUT2D eigenvalue weighted by atomic mass is 9.97. The van der Waals surface area contributed by atoms with Crippen LogP contribution in [0.3, 0.4) is 0 Å². The van der Waals surface area contributed by atoms with Crippen molar-refractivity contribution in [3.63, 3.8) is 0 Å². The van der Waals surface area contributed by atoms with Gasteiger partial charge in [0.2, 0.25) is 5.91 Å². The molecular formula is C16H24N2O. The maximum atomic E-state index is 12.5. The highest BCUT2D eigenvalue weighted by Crippen LogP contribution is 2.17. The molecule has 1 aliphatic rings. The van der Waals surface area contributed by atoms with Gasteiger partial charge in [0, 0.05) is 19.6 Å². The third kappa shape index (κ3) is 3.57. The van der Waals surface area contributed by atoms with Gasteiger partial charge < -0.3 is 10.2 Å². The molecule has 0 spiro atoms. The maximum Gasteiger partial charge on any atom is 0.227 e. The Morgan fingerprint density at radius 1 is 1.42 bits per heavy atom. The molecule has 1 saturated heterocycles. The molecule has 3 heteroatoms. The van der Waals surface area contributed by atoms with Crippen molar-refractivity contribution in [1.29, 1.82) is 0 Å². The zero-order chi connectivity index (χ0) is 13.7. The van der Waals surface area contributed by atoms with Crippen LogP contribution in [-0.4, -0.2) is 30.4 Å². The number of rotatable bonds is 4. The average molecular weight is 260 g/mol. The normalized spacial score (nSPS) is 19.2. The minimum Gasteiger partial charge on any atom is -0.338 e. The molecule has 1 heterocycles. The number of aryl methyl sites for hydroxylation is 1. The lowest BCUT2D eigenvalue weighted by molar-refractivity contribution is -0.136. The van der Waals surface area contributed by atoms with E-state index in [0.29, 0.717) is 5.91 Å². The van der Waals surface area contributed by atoms with Crippen molar-refractivity contribution in [3.8, 4) is 0 Å². The Morgan fingerprint density at radius 3 is 2.84 bits per heavy atom. The standard InChI is InChI=1S/C16H24N2O/c1-3-18(12-15-8-5-4-7-13(15)2)16(19)14-9-6-10-17-11-14/h4-5,7-8,14,17H,3,6,9-12H2,1-2H3/t14-/m1/s1. The SMILES string of the molecule is CCN(Cc1ccccc1C)C(=O)[C@@H]1CCCNC1. The van der Waals surface area contributed by atoms with Crippen LogP contribution >= 0.6 is 0 Å². The lowest BCUT2D eigenvalue weighted by Gasteiger charge is -2.29. The molecule has 0 radical (unpaired) electrons. The van der Waals surface area contributed by atoms with E-state index in [1.165, 1.54) is 11.1 Å². The highest BCUT2D eigenvalue weighted by Gasteiger charge is 2.25. The Labute approximate surface area is 116 Å². The number of amides is 1. The van der Waals surface area contributed by atoms with Gasteiger partial charge in [0.15, 0.2) is 0 Å². The molecule has 2 rings (SSSR count). The van der Waals surface area contributed by atoms with E-state index >= 15 is 0 Å².